The number of hydrogen-bond acceptors (Lipinski definition) is 4. The lowest BCUT2D eigenvalue weighted by atomic mass is 10.2. The summed E-state index contributed by atoms with van der Waals surface area (Å²) in [6.45, 7) is 6.12. The van der Waals surface area contributed by atoms with Crippen LogP contribution in [0, 0.1) is 0 Å². The molecule has 6 nitrogen and oxygen atoms in total. The third kappa shape index (κ3) is 3.44. The van der Waals surface area contributed by atoms with Gasteiger partial charge < -0.3 is 9.80 Å². The van der Waals surface area contributed by atoms with Crippen LogP contribution in [0.25, 0.3) is 0 Å². The average molecular weight is 301 g/mol. The Labute approximate surface area is 131 Å². The van der Waals surface area contributed by atoms with Crippen molar-refractivity contribution in [2.75, 3.05) is 29.9 Å². The first-order valence-electron chi connectivity index (χ1n) is 7.54. The number of aromatic nitrogens is 3. The second-order valence-corrected chi connectivity index (χ2v) is 5.22. The average Bonchev–Trinajstić information content (AvgIpc) is 2.98. The minimum atomic E-state index is -0.0920. The van der Waals surface area contributed by atoms with E-state index in [2.05, 4.69) is 28.8 Å². The monoisotopic (exact) mass is 301 g/mol. The Hall–Kier alpha value is -2.37. The number of amides is 1. The molecule has 0 aromatic carbocycles. The van der Waals surface area contributed by atoms with Gasteiger partial charge in [0.1, 0.15) is 5.82 Å². The maximum atomic E-state index is 12.5. The molecule has 2 rings (SSSR count). The molecule has 0 atom stereocenters. The Morgan fingerprint density at radius 3 is 2.55 bits per heavy atom. The Morgan fingerprint density at radius 1 is 1.27 bits per heavy atom. The maximum Gasteiger partial charge on any atom is 0.259 e. The highest BCUT2D eigenvalue weighted by atomic mass is 16.2. The van der Waals surface area contributed by atoms with Gasteiger partial charge in [-0.15, -0.1) is 0 Å². The molecule has 0 saturated heterocycles. The lowest BCUT2D eigenvalue weighted by Gasteiger charge is -2.21. The van der Waals surface area contributed by atoms with Crippen molar-refractivity contribution in [3.8, 4) is 0 Å². The Bertz CT molecular complexity index is 620. The van der Waals surface area contributed by atoms with Gasteiger partial charge in [0, 0.05) is 39.6 Å². The lowest BCUT2D eigenvalue weighted by Crippen LogP contribution is -2.27. The van der Waals surface area contributed by atoms with Crippen LogP contribution >= 0.6 is 0 Å². The molecule has 22 heavy (non-hydrogen) atoms. The zero-order valence-corrected chi connectivity index (χ0v) is 13.7. The van der Waals surface area contributed by atoms with Crippen molar-refractivity contribution in [3.05, 3.63) is 36.3 Å². The van der Waals surface area contributed by atoms with Gasteiger partial charge in [-0.1, -0.05) is 6.92 Å². The van der Waals surface area contributed by atoms with Crippen LogP contribution < -0.4 is 9.80 Å². The normalized spacial score (nSPS) is 10.5. The fourth-order valence-corrected chi connectivity index (χ4v) is 2.30. The van der Waals surface area contributed by atoms with Crippen LogP contribution in [0.3, 0.4) is 0 Å². The first-order valence-corrected chi connectivity index (χ1v) is 7.54. The minimum absolute atomic E-state index is 0.0920. The van der Waals surface area contributed by atoms with Crippen LogP contribution in [-0.4, -0.2) is 40.8 Å². The molecule has 2 heterocycles. The van der Waals surface area contributed by atoms with E-state index in [4.69, 9.17) is 0 Å². The molecule has 0 spiro atoms. The number of hydrogen-bond donors (Lipinski definition) is 0. The second-order valence-electron chi connectivity index (χ2n) is 5.22. The number of pyridine rings is 1. The predicted octanol–water partition coefficient (Wildman–Crippen LogP) is 2.33. The van der Waals surface area contributed by atoms with E-state index in [1.807, 2.05) is 19.2 Å². The second kappa shape index (κ2) is 7.06. The molecule has 0 aliphatic carbocycles. The standard InChI is InChI=1S/C16H23N5O/c1-5-9-21(6-2)15-8-7-13(10-17-15)16(22)20(4)14-11-18-19(3)12-14/h7-8,10-12H,5-6,9H2,1-4H3. The molecular formula is C16H23N5O. The van der Waals surface area contributed by atoms with E-state index < -0.39 is 0 Å². The van der Waals surface area contributed by atoms with Crippen molar-refractivity contribution in [3.63, 3.8) is 0 Å². The molecule has 0 unspecified atom stereocenters. The maximum absolute atomic E-state index is 12.5. The zero-order valence-electron chi connectivity index (χ0n) is 13.7. The largest absolute Gasteiger partial charge is 0.357 e. The smallest absolute Gasteiger partial charge is 0.259 e. The topological polar surface area (TPSA) is 54.3 Å². The number of carbonyl (C=O) groups is 1. The summed E-state index contributed by atoms with van der Waals surface area (Å²) in [6.07, 6.45) is 6.18. The first kappa shape index (κ1) is 16.0. The Morgan fingerprint density at radius 2 is 2.05 bits per heavy atom. The number of aryl methyl sites for hydroxylation is 1. The quantitative estimate of drug-likeness (QED) is 0.821. The van der Waals surface area contributed by atoms with Gasteiger partial charge in [-0.2, -0.15) is 5.10 Å². The number of rotatable bonds is 6. The molecule has 0 fully saturated rings. The minimum Gasteiger partial charge on any atom is -0.357 e. The van der Waals surface area contributed by atoms with Gasteiger partial charge in [0.25, 0.3) is 5.91 Å². The van der Waals surface area contributed by atoms with Crippen LogP contribution in [0.1, 0.15) is 30.6 Å². The summed E-state index contributed by atoms with van der Waals surface area (Å²) in [6, 6.07) is 3.74. The summed E-state index contributed by atoms with van der Waals surface area (Å²) in [4.78, 5) is 20.7. The summed E-state index contributed by atoms with van der Waals surface area (Å²) in [5.41, 5.74) is 1.33. The molecule has 0 radical (unpaired) electrons. The molecule has 0 aliphatic heterocycles. The van der Waals surface area contributed by atoms with Crippen LogP contribution in [-0.2, 0) is 7.05 Å². The van der Waals surface area contributed by atoms with Crippen LogP contribution in [0.15, 0.2) is 30.7 Å². The van der Waals surface area contributed by atoms with Gasteiger partial charge in [0.05, 0.1) is 17.4 Å². The van der Waals surface area contributed by atoms with Crippen LogP contribution in [0.2, 0.25) is 0 Å². The molecule has 118 valence electrons. The van der Waals surface area contributed by atoms with Crippen LogP contribution in [0.4, 0.5) is 11.5 Å². The number of carbonyl (C=O) groups excluding carboxylic acids is 1. The summed E-state index contributed by atoms with van der Waals surface area (Å²) in [5, 5.41) is 4.08. The Balaban J connectivity index is 2.14. The summed E-state index contributed by atoms with van der Waals surface area (Å²) in [5.74, 6) is 0.815. The Kier molecular flexibility index (Phi) is 5.14. The number of anilines is 2. The molecule has 1 amide bonds. The van der Waals surface area contributed by atoms with E-state index in [0.717, 1.165) is 31.0 Å². The highest BCUT2D eigenvalue weighted by Crippen LogP contribution is 2.16. The SMILES string of the molecule is CCCN(CC)c1ccc(C(=O)N(C)c2cnn(C)c2)cn1. The van der Waals surface area contributed by atoms with Gasteiger partial charge in [-0.25, -0.2) is 4.98 Å². The molecular weight excluding hydrogens is 278 g/mol. The highest BCUT2D eigenvalue weighted by molar-refractivity contribution is 6.05. The van der Waals surface area contributed by atoms with Gasteiger partial charge in [-0.05, 0) is 25.5 Å². The fraction of sp³-hybridized carbons (Fsp3) is 0.438. The van der Waals surface area contributed by atoms with E-state index in [1.165, 1.54) is 0 Å². The van der Waals surface area contributed by atoms with E-state index in [0.29, 0.717) is 5.56 Å². The third-order valence-electron chi connectivity index (χ3n) is 3.58. The van der Waals surface area contributed by atoms with Crippen molar-refractivity contribution in [2.24, 2.45) is 7.05 Å². The zero-order chi connectivity index (χ0) is 16.1. The molecule has 6 heteroatoms. The lowest BCUT2D eigenvalue weighted by molar-refractivity contribution is 0.0992. The van der Waals surface area contributed by atoms with Gasteiger partial charge in [0.15, 0.2) is 0 Å². The molecule has 0 saturated carbocycles. The van der Waals surface area contributed by atoms with Crippen molar-refractivity contribution in [1.29, 1.82) is 0 Å². The summed E-state index contributed by atoms with van der Waals surface area (Å²) >= 11 is 0. The molecule has 2 aromatic heterocycles. The van der Waals surface area contributed by atoms with Crippen molar-refractivity contribution >= 4 is 17.4 Å². The summed E-state index contributed by atoms with van der Waals surface area (Å²) in [7, 11) is 3.56. The predicted molar refractivity (Wildman–Crippen MR) is 88.4 cm³/mol. The van der Waals surface area contributed by atoms with E-state index >= 15 is 0 Å². The number of nitrogens with zero attached hydrogens (tertiary/aromatic N) is 5. The van der Waals surface area contributed by atoms with E-state index in [-0.39, 0.29) is 5.91 Å². The van der Waals surface area contributed by atoms with Crippen molar-refractivity contribution < 1.29 is 4.79 Å². The molecule has 2 aromatic rings. The highest BCUT2D eigenvalue weighted by Gasteiger charge is 2.15. The van der Waals surface area contributed by atoms with Crippen molar-refractivity contribution in [1.82, 2.24) is 14.8 Å². The van der Waals surface area contributed by atoms with Gasteiger partial charge in [-0.3, -0.25) is 9.48 Å². The van der Waals surface area contributed by atoms with Gasteiger partial charge in [0.2, 0.25) is 0 Å². The summed E-state index contributed by atoms with van der Waals surface area (Å²) < 4.78 is 1.67. The van der Waals surface area contributed by atoms with Gasteiger partial charge >= 0.3 is 0 Å². The van der Waals surface area contributed by atoms with E-state index in [1.54, 1.807) is 35.2 Å². The molecule has 0 N–H and O–H groups in total. The van der Waals surface area contributed by atoms with Crippen LogP contribution in [0.5, 0.6) is 0 Å². The third-order valence-corrected chi connectivity index (χ3v) is 3.58. The van der Waals surface area contributed by atoms with Crippen molar-refractivity contribution in [2.45, 2.75) is 20.3 Å². The van der Waals surface area contributed by atoms with E-state index in [9.17, 15) is 4.79 Å². The first-order chi connectivity index (χ1) is 10.6. The molecule has 0 aliphatic rings. The molecule has 0 bridgehead atoms. The fourth-order valence-electron chi connectivity index (χ4n) is 2.30.